The van der Waals surface area contributed by atoms with Crippen molar-refractivity contribution < 1.29 is 74.5 Å². The molecule has 0 bridgehead atoms. The Morgan fingerprint density at radius 2 is 1.70 bits per heavy atom. The van der Waals surface area contributed by atoms with Gasteiger partial charge in [-0.3, -0.25) is 18.9 Å². The number of phosphoric ester groups is 1. The highest BCUT2D eigenvalue weighted by Crippen LogP contribution is 2.66. The number of ether oxygens (including phenoxy) is 1. The van der Waals surface area contributed by atoms with Gasteiger partial charge in [0.15, 0.2) is 11.8 Å². The average Bonchev–Trinajstić information content (AvgIpc) is 2.86. The molecule has 33 heavy (non-hydrogen) atoms. The highest BCUT2D eigenvalue weighted by atomic mass is 31.3. The molecule has 0 aliphatic carbocycles. The van der Waals surface area contributed by atoms with Gasteiger partial charge in [-0.1, -0.05) is 0 Å². The van der Waals surface area contributed by atoms with Crippen LogP contribution in [0.2, 0.25) is 0 Å². The van der Waals surface area contributed by atoms with Gasteiger partial charge >= 0.3 is 29.2 Å². The highest BCUT2D eigenvalue weighted by Gasteiger charge is 2.62. The minimum absolute atomic E-state index is 0.0690. The Hall–Kier alpha value is -1.24. The molecule has 17 nitrogen and oxygen atoms in total. The van der Waals surface area contributed by atoms with Crippen LogP contribution in [0.3, 0.4) is 0 Å². The molecule has 23 heteroatoms. The van der Waals surface area contributed by atoms with Crippen LogP contribution in [0.15, 0.2) is 15.8 Å². The standard InChI is InChI=1S/C10H14F3N2O15P3/c11-3-1-15(9(19)14-6(3)18)7-4(16)5(17)10(28-7,8(12)13)2-27-32(23,24)30-33(25,26)29-31(20,21)22/h1,4-5,7-8,16-17H,2H2,(H,23,24)(H,25,26)(H,14,18,19)(H2,20,21,22)/t4-,5+,7-,10-/m1/s1. The molecule has 2 heterocycles. The summed E-state index contributed by atoms with van der Waals surface area (Å²) in [5.41, 5.74) is -6.45. The number of phosphoric acid groups is 3. The third-order valence-corrected chi connectivity index (χ3v) is 7.68. The normalized spacial score (nSPS) is 29.7. The Kier molecular flexibility index (Phi) is 8.00. The molecule has 0 amide bonds. The molecule has 0 spiro atoms. The molecule has 2 rings (SSSR count). The van der Waals surface area contributed by atoms with Crippen LogP contribution < -0.4 is 11.2 Å². The van der Waals surface area contributed by atoms with Crippen LogP contribution in [-0.2, 0) is 31.6 Å². The Bertz CT molecular complexity index is 1150. The molecule has 2 unspecified atom stereocenters. The minimum Gasteiger partial charge on any atom is -0.387 e. The average molecular weight is 552 g/mol. The monoisotopic (exact) mass is 552 g/mol. The molecule has 1 saturated heterocycles. The molecule has 190 valence electrons. The predicted octanol–water partition coefficient (Wildman–Crippen LogP) is -1.73. The lowest BCUT2D eigenvalue weighted by Crippen LogP contribution is -2.52. The fourth-order valence-corrected chi connectivity index (χ4v) is 5.59. The summed E-state index contributed by atoms with van der Waals surface area (Å²) in [7, 11) is -17.7. The second-order valence-corrected chi connectivity index (χ2v) is 10.6. The first-order valence-electron chi connectivity index (χ1n) is 7.92. The lowest BCUT2D eigenvalue weighted by atomic mass is 9.96. The SMILES string of the molecule is O=c1[nH]c(=O)n([C@@H]2O[C@@](COP(=O)(O)OP(=O)(O)OP(=O)(O)O)(C(F)F)[C@@H](O)[C@H]2O)cc1F. The Labute approximate surface area is 178 Å². The topological polar surface area (TPSA) is 264 Å². The number of aliphatic hydroxyl groups excluding tert-OH is 2. The predicted molar refractivity (Wildman–Crippen MR) is 92.0 cm³/mol. The van der Waals surface area contributed by atoms with Crippen LogP contribution in [0, 0.1) is 5.82 Å². The van der Waals surface area contributed by atoms with E-state index in [1.165, 1.54) is 4.98 Å². The van der Waals surface area contributed by atoms with Crippen LogP contribution in [0.1, 0.15) is 6.23 Å². The van der Waals surface area contributed by atoms with Gasteiger partial charge in [-0.05, 0) is 0 Å². The lowest BCUT2D eigenvalue weighted by Gasteiger charge is -2.31. The van der Waals surface area contributed by atoms with E-state index in [9.17, 15) is 51.6 Å². The Balaban J connectivity index is 2.31. The number of halogens is 3. The van der Waals surface area contributed by atoms with Gasteiger partial charge in [0.25, 0.3) is 12.0 Å². The molecule has 1 fully saturated rings. The number of nitrogens with one attached hydrogen (secondary N) is 1. The number of hydrogen-bond donors (Lipinski definition) is 7. The van der Waals surface area contributed by atoms with Crippen molar-refractivity contribution >= 4 is 23.5 Å². The third kappa shape index (κ3) is 6.46. The minimum atomic E-state index is -6.01. The summed E-state index contributed by atoms with van der Waals surface area (Å²) in [5, 5.41) is 20.1. The first kappa shape index (κ1) is 28.0. The number of alkyl halides is 2. The highest BCUT2D eigenvalue weighted by molar-refractivity contribution is 7.66. The molecule has 1 aromatic heterocycles. The van der Waals surface area contributed by atoms with Gasteiger partial charge in [0.2, 0.25) is 5.82 Å². The molecule has 6 atom stereocenters. The molecule has 7 N–H and O–H groups in total. The maximum absolute atomic E-state index is 13.7. The summed E-state index contributed by atoms with van der Waals surface area (Å²) >= 11 is 0. The summed E-state index contributed by atoms with van der Waals surface area (Å²) < 4.78 is 90.2. The van der Waals surface area contributed by atoms with Gasteiger partial charge < -0.3 is 34.5 Å². The number of aromatic nitrogens is 2. The maximum atomic E-state index is 13.7. The summed E-state index contributed by atoms with van der Waals surface area (Å²) in [6.45, 7) is -1.91. The van der Waals surface area contributed by atoms with E-state index in [2.05, 4.69) is 13.1 Å². The quantitative estimate of drug-likeness (QED) is 0.168. The molecule has 0 aromatic carbocycles. The summed E-state index contributed by atoms with van der Waals surface area (Å²) in [6, 6.07) is 0. The fourth-order valence-electron chi connectivity index (χ4n) is 2.53. The van der Waals surface area contributed by atoms with Crippen LogP contribution in [0.5, 0.6) is 0 Å². The van der Waals surface area contributed by atoms with Crippen molar-refractivity contribution in [2.75, 3.05) is 6.61 Å². The van der Waals surface area contributed by atoms with Crippen molar-refractivity contribution in [2.45, 2.75) is 30.5 Å². The second-order valence-electron chi connectivity index (χ2n) is 6.21. The van der Waals surface area contributed by atoms with Gasteiger partial charge in [-0.2, -0.15) is 13.0 Å². The summed E-state index contributed by atoms with van der Waals surface area (Å²) in [4.78, 5) is 59.6. The number of rotatable bonds is 9. The van der Waals surface area contributed by atoms with Gasteiger partial charge in [-0.15, -0.1) is 0 Å². The van der Waals surface area contributed by atoms with Crippen LogP contribution in [0.4, 0.5) is 13.2 Å². The van der Waals surface area contributed by atoms with E-state index in [-0.39, 0.29) is 10.8 Å². The zero-order valence-electron chi connectivity index (χ0n) is 15.4. The third-order valence-electron chi connectivity index (χ3n) is 3.89. The van der Waals surface area contributed by atoms with Gasteiger partial charge in [0.1, 0.15) is 12.2 Å². The van der Waals surface area contributed by atoms with Crippen molar-refractivity contribution in [3.8, 4) is 0 Å². The maximum Gasteiger partial charge on any atom is 0.490 e. The largest absolute Gasteiger partial charge is 0.490 e. The second kappa shape index (κ2) is 9.43. The van der Waals surface area contributed by atoms with Crippen molar-refractivity contribution in [1.29, 1.82) is 0 Å². The fraction of sp³-hybridized carbons (Fsp3) is 0.600. The lowest BCUT2D eigenvalue weighted by molar-refractivity contribution is -0.193. The van der Waals surface area contributed by atoms with Gasteiger partial charge in [0, 0.05) is 0 Å². The molecule has 1 aliphatic heterocycles. The molecular weight excluding hydrogens is 538 g/mol. The van der Waals surface area contributed by atoms with Crippen LogP contribution >= 0.6 is 23.5 Å². The van der Waals surface area contributed by atoms with E-state index in [1.54, 1.807) is 0 Å². The summed E-state index contributed by atoms with van der Waals surface area (Å²) in [5.74, 6) is -1.62. The van der Waals surface area contributed by atoms with Crippen molar-refractivity contribution in [1.82, 2.24) is 9.55 Å². The van der Waals surface area contributed by atoms with Crippen LogP contribution in [0.25, 0.3) is 0 Å². The van der Waals surface area contributed by atoms with E-state index in [1.807, 2.05) is 0 Å². The van der Waals surface area contributed by atoms with E-state index < -0.39 is 77.6 Å². The first-order chi connectivity index (χ1) is 14.8. The zero-order chi connectivity index (χ0) is 25.6. The van der Waals surface area contributed by atoms with Crippen molar-refractivity contribution in [2.24, 2.45) is 0 Å². The number of nitrogens with zero attached hydrogens (tertiary/aromatic N) is 1. The number of aromatic amines is 1. The smallest absolute Gasteiger partial charge is 0.387 e. The van der Waals surface area contributed by atoms with Crippen LogP contribution in [-0.4, -0.2) is 70.2 Å². The number of H-pyrrole nitrogens is 1. The Morgan fingerprint density at radius 1 is 1.12 bits per heavy atom. The molecule has 1 aromatic rings. The zero-order valence-corrected chi connectivity index (χ0v) is 18.1. The molecular formula is C10H14F3N2O15P3. The van der Waals surface area contributed by atoms with Crippen molar-refractivity contribution in [3.05, 3.63) is 32.9 Å². The van der Waals surface area contributed by atoms with E-state index in [4.69, 9.17) is 19.4 Å². The summed E-state index contributed by atoms with van der Waals surface area (Å²) in [6.07, 6.45) is -11.2. The van der Waals surface area contributed by atoms with Gasteiger partial charge in [0.05, 0.1) is 12.8 Å². The molecule has 0 radical (unpaired) electrons. The van der Waals surface area contributed by atoms with E-state index >= 15 is 0 Å². The van der Waals surface area contributed by atoms with E-state index in [0.29, 0.717) is 0 Å². The molecule has 0 saturated carbocycles. The number of hydrogen-bond acceptors (Lipinski definition) is 11. The van der Waals surface area contributed by atoms with E-state index in [0.717, 1.165) is 0 Å². The molecule has 1 aliphatic rings. The Morgan fingerprint density at radius 3 is 2.21 bits per heavy atom. The number of aliphatic hydroxyl groups is 2. The first-order valence-corrected chi connectivity index (χ1v) is 12.4. The van der Waals surface area contributed by atoms with Crippen molar-refractivity contribution in [3.63, 3.8) is 0 Å². The van der Waals surface area contributed by atoms with Gasteiger partial charge in [-0.25, -0.2) is 27.3 Å².